The van der Waals surface area contributed by atoms with Gasteiger partial charge in [-0.15, -0.1) is 0 Å². The number of ether oxygens (including phenoxy) is 1. The average molecular weight is 267 g/mol. The number of hydrogen-bond donors (Lipinski definition) is 1. The topological polar surface area (TPSA) is 70.1 Å². The van der Waals surface area contributed by atoms with Crippen LogP contribution in [0.5, 0.6) is 0 Å². The zero-order valence-corrected chi connectivity index (χ0v) is 12.7. The van der Waals surface area contributed by atoms with E-state index in [1.807, 2.05) is 38.5 Å². The molecule has 2 N–H and O–H groups in total. The molecular weight excluding hydrogens is 242 g/mol. The molecule has 2 unspecified atom stereocenters. The van der Waals surface area contributed by atoms with Gasteiger partial charge in [-0.3, -0.25) is 4.79 Å². The van der Waals surface area contributed by atoms with Crippen LogP contribution >= 0.6 is 0 Å². The van der Waals surface area contributed by atoms with Crippen LogP contribution in [0.1, 0.15) is 59.3 Å². The molecular formula is C14H25N3O2. The van der Waals surface area contributed by atoms with Crippen molar-refractivity contribution in [2.24, 2.45) is 5.73 Å². The number of aromatic nitrogens is 2. The Morgan fingerprint density at radius 1 is 1.37 bits per heavy atom. The summed E-state index contributed by atoms with van der Waals surface area (Å²) in [7, 11) is 0. The maximum Gasteiger partial charge on any atom is 0.325 e. The molecule has 1 heterocycles. The molecule has 1 rings (SSSR count). The van der Waals surface area contributed by atoms with Gasteiger partial charge in [-0.25, -0.2) is 4.98 Å². The highest BCUT2D eigenvalue weighted by atomic mass is 16.6. The van der Waals surface area contributed by atoms with Gasteiger partial charge in [-0.05, 0) is 27.7 Å². The van der Waals surface area contributed by atoms with E-state index >= 15 is 0 Å². The molecule has 19 heavy (non-hydrogen) atoms. The molecule has 1 aromatic heterocycles. The van der Waals surface area contributed by atoms with Crippen LogP contribution in [0.15, 0.2) is 12.4 Å². The quantitative estimate of drug-likeness (QED) is 0.849. The van der Waals surface area contributed by atoms with Gasteiger partial charge in [0.15, 0.2) is 0 Å². The fourth-order valence-corrected chi connectivity index (χ4v) is 1.86. The summed E-state index contributed by atoms with van der Waals surface area (Å²) in [6.07, 6.45) is 3.58. The summed E-state index contributed by atoms with van der Waals surface area (Å²) in [5, 5.41) is 0. The van der Waals surface area contributed by atoms with Crippen molar-refractivity contribution >= 4 is 5.97 Å². The first-order valence-electron chi connectivity index (χ1n) is 6.64. The van der Waals surface area contributed by atoms with Crippen molar-refractivity contribution in [3.05, 3.63) is 18.2 Å². The summed E-state index contributed by atoms with van der Waals surface area (Å²) in [5.74, 6) is 0.818. The maximum atomic E-state index is 12.0. The minimum absolute atomic E-state index is 0.185. The van der Waals surface area contributed by atoms with Crippen molar-refractivity contribution in [3.63, 3.8) is 0 Å². The smallest absolute Gasteiger partial charge is 0.325 e. The number of rotatable bonds is 4. The van der Waals surface area contributed by atoms with Gasteiger partial charge in [0.05, 0.1) is 6.04 Å². The van der Waals surface area contributed by atoms with E-state index in [4.69, 9.17) is 10.5 Å². The van der Waals surface area contributed by atoms with E-state index in [2.05, 4.69) is 18.8 Å². The normalized spacial score (nSPS) is 15.4. The van der Waals surface area contributed by atoms with Crippen molar-refractivity contribution in [3.8, 4) is 0 Å². The number of imidazole rings is 1. The largest absolute Gasteiger partial charge is 0.459 e. The zero-order valence-electron chi connectivity index (χ0n) is 12.7. The summed E-state index contributed by atoms with van der Waals surface area (Å²) in [6, 6.07) is -0.888. The summed E-state index contributed by atoms with van der Waals surface area (Å²) >= 11 is 0. The predicted molar refractivity (Wildman–Crippen MR) is 74.8 cm³/mol. The van der Waals surface area contributed by atoms with Crippen molar-refractivity contribution in [2.45, 2.75) is 65.1 Å². The first-order valence-corrected chi connectivity index (χ1v) is 6.64. The van der Waals surface area contributed by atoms with E-state index in [1.54, 1.807) is 6.20 Å². The van der Waals surface area contributed by atoms with E-state index < -0.39 is 11.6 Å². The van der Waals surface area contributed by atoms with Crippen LogP contribution in [0.2, 0.25) is 0 Å². The summed E-state index contributed by atoms with van der Waals surface area (Å²) in [6.45, 7) is 11.5. The summed E-state index contributed by atoms with van der Waals surface area (Å²) < 4.78 is 7.27. The van der Waals surface area contributed by atoms with Crippen molar-refractivity contribution in [1.82, 2.24) is 9.55 Å². The van der Waals surface area contributed by atoms with Gasteiger partial charge in [0.1, 0.15) is 17.5 Å². The number of carbonyl (C=O) groups is 1. The third kappa shape index (κ3) is 4.06. The van der Waals surface area contributed by atoms with E-state index in [0.29, 0.717) is 0 Å². The second kappa shape index (κ2) is 5.74. The van der Waals surface area contributed by atoms with Crippen LogP contribution in [-0.4, -0.2) is 27.2 Å². The Morgan fingerprint density at radius 3 is 2.42 bits per heavy atom. The van der Waals surface area contributed by atoms with Crippen molar-refractivity contribution in [1.29, 1.82) is 0 Å². The third-order valence-electron chi connectivity index (χ3n) is 2.85. The van der Waals surface area contributed by atoms with Crippen molar-refractivity contribution < 1.29 is 9.53 Å². The lowest BCUT2D eigenvalue weighted by atomic mass is 10.1. The Hall–Kier alpha value is -1.36. The summed E-state index contributed by atoms with van der Waals surface area (Å²) in [4.78, 5) is 16.3. The minimum Gasteiger partial charge on any atom is -0.459 e. The number of nitrogens with two attached hydrogens (primary N) is 1. The molecule has 5 heteroatoms. The highest BCUT2D eigenvalue weighted by Gasteiger charge is 2.28. The lowest BCUT2D eigenvalue weighted by Gasteiger charge is -2.26. The molecule has 1 aromatic rings. The van der Waals surface area contributed by atoms with Gasteiger partial charge in [0, 0.05) is 18.3 Å². The first kappa shape index (κ1) is 15.7. The van der Waals surface area contributed by atoms with Gasteiger partial charge in [0.2, 0.25) is 0 Å². The number of carbonyl (C=O) groups excluding carboxylic acids is 1. The molecule has 5 nitrogen and oxygen atoms in total. The van der Waals surface area contributed by atoms with Gasteiger partial charge in [-0.1, -0.05) is 13.8 Å². The molecule has 0 radical (unpaired) electrons. The van der Waals surface area contributed by atoms with E-state index in [9.17, 15) is 4.79 Å². The molecule has 0 aliphatic rings. The molecule has 0 aliphatic carbocycles. The molecule has 0 fully saturated rings. The second-order valence-corrected chi connectivity index (χ2v) is 6.15. The molecule has 108 valence electrons. The zero-order chi connectivity index (χ0) is 14.8. The van der Waals surface area contributed by atoms with E-state index in [1.165, 1.54) is 0 Å². The lowest BCUT2D eigenvalue weighted by molar-refractivity contribution is -0.157. The minimum atomic E-state index is -0.703. The number of hydrogen-bond acceptors (Lipinski definition) is 4. The van der Waals surface area contributed by atoms with Crippen molar-refractivity contribution in [2.75, 3.05) is 0 Å². The molecule has 0 aromatic carbocycles. The van der Waals surface area contributed by atoms with Crippen LogP contribution in [0.4, 0.5) is 0 Å². The van der Waals surface area contributed by atoms with Crippen LogP contribution < -0.4 is 5.73 Å². The second-order valence-electron chi connectivity index (χ2n) is 6.15. The molecule has 0 bridgehead atoms. The molecule has 0 spiro atoms. The van der Waals surface area contributed by atoms with Crippen LogP contribution in [-0.2, 0) is 9.53 Å². The van der Waals surface area contributed by atoms with Gasteiger partial charge < -0.3 is 15.0 Å². The third-order valence-corrected chi connectivity index (χ3v) is 2.85. The van der Waals surface area contributed by atoms with Gasteiger partial charge >= 0.3 is 5.97 Å². The monoisotopic (exact) mass is 267 g/mol. The van der Waals surface area contributed by atoms with Gasteiger partial charge in [-0.2, -0.15) is 0 Å². The van der Waals surface area contributed by atoms with E-state index in [-0.39, 0.29) is 17.9 Å². The number of nitrogens with zero attached hydrogens (tertiary/aromatic N) is 2. The van der Waals surface area contributed by atoms with Crippen LogP contribution in [0, 0.1) is 0 Å². The Bertz CT molecular complexity index is 432. The maximum absolute atomic E-state index is 12.0. The Morgan fingerprint density at radius 2 is 1.95 bits per heavy atom. The molecule has 0 amide bonds. The predicted octanol–water partition coefficient (Wildman–Crippen LogP) is 2.24. The first-order chi connectivity index (χ1) is 8.63. The highest BCUT2D eigenvalue weighted by molar-refractivity contribution is 5.76. The van der Waals surface area contributed by atoms with E-state index in [0.717, 1.165) is 5.82 Å². The van der Waals surface area contributed by atoms with Crippen LogP contribution in [0.3, 0.4) is 0 Å². The standard InChI is InChI=1S/C14H25N3O2/c1-9(2)12-16-7-8-17(12)10(3)11(15)13(18)19-14(4,5)6/h7-11H,15H2,1-6H3. The van der Waals surface area contributed by atoms with Gasteiger partial charge in [0.25, 0.3) is 0 Å². The Kier molecular flexibility index (Phi) is 4.74. The fraction of sp³-hybridized carbons (Fsp3) is 0.714. The molecule has 2 atom stereocenters. The fourth-order valence-electron chi connectivity index (χ4n) is 1.86. The molecule has 0 saturated heterocycles. The average Bonchev–Trinajstić information content (AvgIpc) is 2.73. The molecule has 0 saturated carbocycles. The highest BCUT2D eigenvalue weighted by Crippen LogP contribution is 2.20. The molecule has 0 aliphatic heterocycles. The summed E-state index contributed by atoms with van der Waals surface area (Å²) in [5.41, 5.74) is 5.48. The van der Waals surface area contributed by atoms with Crippen LogP contribution in [0.25, 0.3) is 0 Å². The lowest BCUT2D eigenvalue weighted by Crippen LogP contribution is -2.42. The SMILES string of the molecule is CC(C)c1nccn1C(C)C(N)C(=O)OC(C)(C)C. The number of esters is 1. The Labute approximate surface area is 115 Å². The Balaban J connectivity index is 2.84.